The van der Waals surface area contributed by atoms with Crippen LogP contribution in [0, 0.1) is 5.92 Å². The zero-order chi connectivity index (χ0) is 20.2. The summed E-state index contributed by atoms with van der Waals surface area (Å²) < 4.78 is 0. The summed E-state index contributed by atoms with van der Waals surface area (Å²) in [7, 11) is 1.75. The summed E-state index contributed by atoms with van der Waals surface area (Å²) in [5.74, 6) is 0.0160. The van der Waals surface area contributed by atoms with Crippen molar-refractivity contribution in [2.24, 2.45) is 10.9 Å². The molecule has 2 aliphatic heterocycles. The van der Waals surface area contributed by atoms with Crippen molar-refractivity contribution in [1.29, 1.82) is 0 Å². The van der Waals surface area contributed by atoms with Crippen LogP contribution in [0.25, 0.3) is 10.9 Å². The van der Waals surface area contributed by atoms with Crippen LogP contribution in [0.1, 0.15) is 19.3 Å². The Morgan fingerprint density at radius 3 is 3.00 bits per heavy atom. The van der Waals surface area contributed by atoms with Crippen LogP contribution in [-0.4, -0.2) is 72.1 Å². The first kappa shape index (κ1) is 19.5. The number of pyridine rings is 1. The van der Waals surface area contributed by atoms with Crippen molar-refractivity contribution < 1.29 is 9.59 Å². The van der Waals surface area contributed by atoms with Crippen molar-refractivity contribution in [3.05, 3.63) is 36.5 Å². The second-order valence-electron chi connectivity index (χ2n) is 7.83. The largest absolute Gasteiger partial charge is 0.334 e. The summed E-state index contributed by atoms with van der Waals surface area (Å²) >= 11 is 0. The van der Waals surface area contributed by atoms with Crippen molar-refractivity contribution in [3.63, 3.8) is 0 Å². The van der Waals surface area contributed by atoms with E-state index < -0.39 is 0 Å². The zero-order valence-electron chi connectivity index (χ0n) is 16.8. The highest BCUT2D eigenvalue weighted by atomic mass is 16.2. The van der Waals surface area contributed by atoms with Crippen LogP contribution in [0.2, 0.25) is 0 Å². The Morgan fingerprint density at radius 1 is 1.28 bits per heavy atom. The fourth-order valence-electron chi connectivity index (χ4n) is 4.29. The molecular weight excluding hydrogens is 366 g/mol. The molecule has 0 unspecified atom stereocenters. The lowest BCUT2D eigenvalue weighted by Crippen LogP contribution is -2.43. The molecule has 0 aliphatic carbocycles. The number of amides is 2. The van der Waals surface area contributed by atoms with Gasteiger partial charge in [-0.25, -0.2) is 0 Å². The molecule has 2 atom stereocenters. The highest BCUT2D eigenvalue weighted by Crippen LogP contribution is 2.22. The normalized spacial score (nSPS) is 22.6. The molecule has 2 amide bonds. The number of benzene rings is 1. The van der Waals surface area contributed by atoms with Crippen molar-refractivity contribution in [2.45, 2.75) is 25.3 Å². The highest BCUT2D eigenvalue weighted by Gasteiger charge is 2.33. The number of fused-ring (bicyclic) bond motifs is 1. The van der Waals surface area contributed by atoms with Crippen LogP contribution < -0.4 is 5.32 Å². The minimum absolute atomic E-state index is 0.00537. The molecule has 29 heavy (non-hydrogen) atoms. The fraction of sp³-hybridized carbons (Fsp3) is 0.455. The fourth-order valence-corrected chi connectivity index (χ4v) is 4.29. The summed E-state index contributed by atoms with van der Waals surface area (Å²) in [6.07, 6.45) is 6.32. The molecule has 3 heterocycles. The molecule has 2 fully saturated rings. The molecule has 0 radical (unpaired) electrons. The van der Waals surface area contributed by atoms with E-state index in [-0.39, 0.29) is 23.8 Å². The van der Waals surface area contributed by atoms with E-state index in [4.69, 9.17) is 0 Å². The summed E-state index contributed by atoms with van der Waals surface area (Å²) in [5.41, 5.74) is 1.62. The number of para-hydroxylation sites is 1. The van der Waals surface area contributed by atoms with Crippen LogP contribution in [0.15, 0.2) is 41.5 Å². The maximum Gasteiger partial charge on any atom is 0.237 e. The number of likely N-dealkylation sites (tertiary alicyclic amines) is 2. The van der Waals surface area contributed by atoms with Gasteiger partial charge < -0.3 is 10.2 Å². The summed E-state index contributed by atoms with van der Waals surface area (Å²) in [4.78, 5) is 37.9. The molecule has 2 aromatic rings. The predicted molar refractivity (Wildman–Crippen MR) is 114 cm³/mol. The van der Waals surface area contributed by atoms with Gasteiger partial charge in [-0.3, -0.25) is 24.5 Å². The van der Waals surface area contributed by atoms with Crippen LogP contribution in [-0.2, 0) is 9.59 Å². The van der Waals surface area contributed by atoms with Crippen LogP contribution in [0.4, 0.5) is 5.69 Å². The average molecular weight is 393 g/mol. The molecule has 7 nitrogen and oxygen atoms in total. The Morgan fingerprint density at radius 2 is 2.14 bits per heavy atom. The first-order chi connectivity index (χ1) is 14.1. The topological polar surface area (TPSA) is 77.9 Å². The van der Waals surface area contributed by atoms with Crippen LogP contribution in [0.3, 0.4) is 0 Å². The van der Waals surface area contributed by atoms with E-state index in [2.05, 4.69) is 20.2 Å². The Balaban J connectivity index is 1.31. The SMILES string of the molecule is CN=C[C@@H]1CCCN1C(=O)CN1CC[C@@H](C(=O)Nc2cnc3ccccc3c2)C1. The van der Waals surface area contributed by atoms with Gasteiger partial charge in [-0.1, -0.05) is 18.2 Å². The summed E-state index contributed by atoms with van der Waals surface area (Å²) in [5, 5.41) is 3.99. The molecule has 1 aromatic carbocycles. The van der Waals surface area contributed by atoms with Gasteiger partial charge in [0, 0.05) is 31.7 Å². The third-order valence-electron chi connectivity index (χ3n) is 5.80. The Bertz CT molecular complexity index is 928. The number of nitrogens with zero attached hydrogens (tertiary/aromatic N) is 4. The average Bonchev–Trinajstić information content (AvgIpc) is 3.38. The van der Waals surface area contributed by atoms with Gasteiger partial charge in [0.15, 0.2) is 0 Å². The smallest absolute Gasteiger partial charge is 0.237 e. The molecular formula is C22H27N5O2. The van der Waals surface area contributed by atoms with Crippen LogP contribution >= 0.6 is 0 Å². The van der Waals surface area contributed by atoms with Gasteiger partial charge >= 0.3 is 0 Å². The maximum absolute atomic E-state index is 12.7. The number of hydrogen-bond acceptors (Lipinski definition) is 5. The Kier molecular flexibility index (Phi) is 5.85. The molecule has 4 rings (SSSR count). The third-order valence-corrected chi connectivity index (χ3v) is 5.80. The number of rotatable bonds is 5. The third kappa shape index (κ3) is 4.45. The van der Waals surface area contributed by atoms with Crippen molar-refractivity contribution in [1.82, 2.24) is 14.8 Å². The molecule has 0 bridgehead atoms. The van der Waals surface area contributed by atoms with Gasteiger partial charge in [-0.05, 0) is 37.9 Å². The van der Waals surface area contributed by atoms with E-state index in [1.807, 2.05) is 41.4 Å². The summed E-state index contributed by atoms with van der Waals surface area (Å²) in [6.45, 7) is 2.54. The molecule has 0 spiro atoms. The van der Waals surface area contributed by atoms with Crippen molar-refractivity contribution in [3.8, 4) is 0 Å². The monoisotopic (exact) mass is 393 g/mol. The Hall–Kier alpha value is -2.80. The summed E-state index contributed by atoms with van der Waals surface area (Å²) in [6, 6.07) is 9.90. The molecule has 7 heteroatoms. The molecule has 1 N–H and O–H groups in total. The van der Waals surface area contributed by atoms with E-state index in [1.54, 1.807) is 13.2 Å². The number of carbonyl (C=O) groups excluding carboxylic acids is 2. The second-order valence-corrected chi connectivity index (χ2v) is 7.83. The van der Waals surface area contributed by atoms with E-state index >= 15 is 0 Å². The number of hydrogen-bond donors (Lipinski definition) is 1. The number of anilines is 1. The van der Waals surface area contributed by atoms with E-state index in [0.29, 0.717) is 18.8 Å². The van der Waals surface area contributed by atoms with Crippen molar-refractivity contribution >= 4 is 34.6 Å². The van der Waals surface area contributed by atoms with Gasteiger partial charge in [0.1, 0.15) is 0 Å². The first-order valence-electron chi connectivity index (χ1n) is 10.2. The minimum atomic E-state index is -0.110. The van der Waals surface area contributed by atoms with E-state index in [9.17, 15) is 9.59 Å². The number of aliphatic imine (C=N–C) groups is 1. The van der Waals surface area contributed by atoms with Crippen molar-refractivity contribution in [2.75, 3.05) is 38.5 Å². The predicted octanol–water partition coefficient (Wildman–Crippen LogP) is 2.19. The lowest BCUT2D eigenvalue weighted by molar-refractivity contribution is -0.132. The second kappa shape index (κ2) is 8.69. The zero-order valence-corrected chi connectivity index (χ0v) is 16.8. The van der Waals surface area contributed by atoms with E-state index in [0.717, 1.165) is 43.3 Å². The molecule has 2 aliphatic rings. The lowest BCUT2D eigenvalue weighted by Gasteiger charge is -2.24. The number of nitrogens with one attached hydrogen (secondary N) is 1. The quantitative estimate of drug-likeness (QED) is 0.790. The van der Waals surface area contributed by atoms with Crippen LogP contribution in [0.5, 0.6) is 0 Å². The number of aromatic nitrogens is 1. The highest BCUT2D eigenvalue weighted by molar-refractivity contribution is 5.95. The lowest BCUT2D eigenvalue weighted by atomic mass is 10.1. The Labute approximate surface area is 170 Å². The van der Waals surface area contributed by atoms with Gasteiger partial charge in [0.25, 0.3) is 0 Å². The molecule has 1 aromatic heterocycles. The standard InChI is InChI=1S/C22H27N5O2/c1-23-13-19-6-4-9-27(19)21(28)15-26-10-8-17(14-26)22(29)25-18-11-16-5-2-3-7-20(16)24-12-18/h2-3,5,7,11-13,17,19H,4,6,8-10,14-15H2,1H3,(H,25,29)/t17-,19+/m1/s1. The molecule has 152 valence electrons. The molecule has 2 saturated heterocycles. The maximum atomic E-state index is 12.7. The number of carbonyl (C=O) groups is 2. The van der Waals surface area contributed by atoms with Gasteiger partial charge in [0.2, 0.25) is 11.8 Å². The minimum Gasteiger partial charge on any atom is -0.334 e. The first-order valence-corrected chi connectivity index (χ1v) is 10.2. The van der Waals surface area contributed by atoms with E-state index in [1.165, 1.54) is 0 Å². The van der Waals surface area contributed by atoms with Gasteiger partial charge in [-0.2, -0.15) is 0 Å². The van der Waals surface area contributed by atoms with Gasteiger partial charge in [-0.15, -0.1) is 0 Å². The van der Waals surface area contributed by atoms with Gasteiger partial charge in [0.05, 0.1) is 35.9 Å². The molecule has 0 saturated carbocycles.